The van der Waals surface area contributed by atoms with Gasteiger partial charge < -0.3 is 4.90 Å². The topological polar surface area (TPSA) is 36.4 Å². The lowest BCUT2D eigenvalue weighted by molar-refractivity contribution is 0.0985. The standard InChI is InChI=1S/C31H23ClFN3O/c32-25-14-12-24(13-15-25)31(37)35(27-18-16-26(33)17-19-27)22-23-11-20-30(34-21-23)36(28-7-3-1-4-8-28)29-9-5-2-6-10-29/h1-21H,22H2. The number of hydrogen-bond acceptors (Lipinski definition) is 3. The van der Waals surface area contributed by atoms with Crippen molar-refractivity contribution in [2.24, 2.45) is 0 Å². The van der Waals surface area contributed by atoms with Crippen LogP contribution in [0.3, 0.4) is 0 Å². The molecule has 1 heterocycles. The first-order valence-corrected chi connectivity index (χ1v) is 12.1. The second kappa shape index (κ2) is 11.1. The number of carbonyl (C=O) groups excluding carboxylic acids is 1. The summed E-state index contributed by atoms with van der Waals surface area (Å²) < 4.78 is 13.6. The predicted molar refractivity (Wildman–Crippen MR) is 147 cm³/mol. The highest BCUT2D eigenvalue weighted by atomic mass is 35.5. The van der Waals surface area contributed by atoms with E-state index in [4.69, 9.17) is 16.6 Å². The molecule has 5 aromatic rings. The number of nitrogens with zero attached hydrogens (tertiary/aromatic N) is 3. The van der Waals surface area contributed by atoms with E-state index < -0.39 is 0 Å². The number of para-hydroxylation sites is 2. The Bertz CT molecular complexity index is 1420. The second-order valence-corrected chi connectivity index (χ2v) is 8.84. The molecule has 0 unspecified atom stereocenters. The van der Waals surface area contributed by atoms with Crippen molar-refractivity contribution in [1.29, 1.82) is 0 Å². The number of hydrogen-bond donors (Lipinski definition) is 0. The van der Waals surface area contributed by atoms with E-state index >= 15 is 0 Å². The quantitative estimate of drug-likeness (QED) is 0.223. The van der Waals surface area contributed by atoms with Gasteiger partial charge in [-0.2, -0.15) is 0 Å². The maximum Gasteiger partial charge on any atom is 0.258 e. The van der Waals surface area contributed by atoms with Gasteiger partial charge in [0, 0.05) is 33.8 Å². The lowest BCUT2D eigenvalue weighted by atomic mass is 10.1. The normalized spacial score (nSPS) is 10.6. The fourth-order valence-corrected chi connectivity index (χ4v) is 4.17. The second-order valence-electron chi connectivity index (χ2n) is 8.41. The molecule has 4 nitrogen and oxygen atoms in total. The van der Waals surface area contributed by atoms with E-state index in [0.29, 0.717) is 16.3 Å². The van der Waals surface area contributed by atoms with Gasteiger partial charge in [0.1, 0.15) is 11.6 Å². The van der Waals surface area contributed by atoms with Crippen LogP contribution in [0.5, 0.6) is 0 Å². The van der Waals surface area contributed by atoms with E-state index in [-0.39, 0.29) is 18.3 Å². The Morgan fingerprint density at radius 2 is 1.30 bits per heavy atom. The highest BCUT2D eigenvalue weighted by Crippen LogP contribution is 2.33. The van der Waals surface area contributed by atoms with Crippen molar-refractivity contribution in [1.82, 2.24) is 4.98 Å². The van der Waals surface area contributed by atoms with Crippen LogP contribution in [0, 0.1) is 5.82 Å². The molecule has 0 saturated heterocycles. The van der Waals surface area contributed by atoms with Gasteiger partial charge in [-0.1, -0.05) is 54.1 Å². The zero-order valence-electron chi connectivity index (χ0n) is 19.8. The van der Waals surface area contributed by atoms with Crippen LogP contribution in [0.25, 0.3) is 0 Å². The Labute approximate surface area is 220 Å². The Hall–Kier alpha value is -4.48. The van der Waals surface area contributed by atoms with E-state index in [1.807, 2.05) is 72.8 Å². The fraction of sp³-hybridized carbons (Fsp3) is 0.0323. The Morgan fingerprint density at radius 1 is 0.703 bits per heavy atom. The maximum atomic E-state index is 13.6. The first kappa shape index (κ1) is 24.2. The summed E-state index contributed by atoms with van der Waals surface area (Å²) in [4.78, 5) is 21.9. The third-order valence-corrected chi connectivity index (χ3v) is 6.13. The van der Waals surface area contributed by atoms with Crippen molar-refractivity contribution in [2.75, 3.05) is 9.80 Å². The van der Waals surface area contributed by atoms with Crippen molar-refractivity contribution < 1.29 is 9.18 Å². The van der Waals surface area contributed by atoms with Crippen molar-refractivity contribution in [3.63, 3.8) is 0 Å². The molecule has 182 valence electrons. The summed E-state index contributed by atoms with van der Waals surface area (Å²) in [5.74, 6) is 0.164. The van der Waals surface area contributed by atoms with E-state index in [0.717, 1.165) is 22.8 Å². The van der Waals surface area contributed by atoms with Crippen molar-refractivity contribution in [3.8, 4) is 0 Å². The first-order chi connectivity index (χ1) is 18.1. The van der Waals surface area contributed by atoms with Crippen molar-refractivity contribution in [3.05, 3.63) is 149 Å². The molecular formula is C31H23ClFN3O. The molecule has 0 aliphatic rings. The van der Waals surface area contributed by atoms with Crippen LogP contribution >= 0.6 is 11.6 Å². The molecule has 0 N–H and O–H groups in total. The molecular weight excluding hydrogens is 485 g/mol. The molecule has 0 bridgehead atoms. The molecule has 6 heteroatoms. The summed E-state index contributed by atoms with van der Waals surface area (Å²) in [5.41, 5.74) is 3.87. The van der Waals surface area contributed by atoms with E-state index in [1.165, 1.54) is 12.1 Å². The van der Waals surface area contributed by atoms with E-state index in [9.17, 15) is 9.18 Å². The molecule has 1 amide bonds. The van der Waals surface area contributed by atoms with Crippen LogP contribution in [-0.2, 0) is 6.54 Å². The van der Waals surface area contributed by atoms with Crippen molar-refractivity contribution in [2.45, 2.75) is 6.54 Å². The van der Waals surface area contributed by atoms with Gasteiger partial charge in [-0.25, -0.2) is 9.37 Å². The predicted octanol–water partition coefficient (Wildman–Crippen LogP) is 8.19. The van der Waals surface area contributed by atoms with Gasteiger partial charge in [0.15, 0.2) is 0 Å². The molecule has 0 aliphatic heterocycles. The van der Waals surface area contributed by atoms with Crippen LogP contribution in [0.15, 0.2) is 128 Å². The first-order valence-electron chi connectivity index (χ1n) is 11.8. The molecule has 0 atom stereocenters. The van der Waals surface area contributed by atoms with Crippen LogP contribution in [-0.4, -0.2) is 10.9 Å². The van der Waals surface area contributed by atoms with Crippen LogP contribution in [0.1, 0.15) is 15.9 Å². The summed E-state index contributed by atoms with van der Waals surface area (Å²) >= 11 is 6.01. The summed E-state index contributed by atoms with van der Waals surface area (Å²) in [5, 5.41) is 0.547. The van der Waals surface area contributed by atoms with E-state index in [1.54, 1.807) is 47.5 Å². The Kier molecular flexibility index (Phi) is 7.24. The third-order valence-electron chi connectivity index (χ3n) is 5.88. The number of amides is 1. The van der Waals surface area contributed by atoms with Gasteiger partial charge in [0.2, 0.25) is 0 Å². The summed E-state index contributed by atoms with van der Waals surface area (Å²) in [6.07, 6.45) is 1.76. The number of carbonyl (C=O) groups is 1. The van der Waals surface area contributed by atoms with Gasteiger partial charge in [-0.3, -0.25) is 9.69 Å². The number of pyridine rings is 1. The SMILES string of the molecule is O=C(c1ccc(Cl)cc1)N(Cc1ccc(N(c2ccccc2)c2ccccc2)nc1)c1ccc(F)cc1. The zero-order valence-corrected chi connectivity index (χ0v) is 20.6. The average molecular weight is 508 g/mol. The smallest absolute Gasteiger partial charge is 0.258 e. The van der Waals surface area contributed by atoms with Gasteiger partial charge >= 0.3 is 0 Å². The number of aromatic nitrogens is 1. The van der Waals surface area contributed by atoms with Crippen molar-refractivity contribution >= 4 is 40.4 Å². The monoisotopic (exact) mass is 507 g/mol. The third kappa shape index (κ3) is 5.68. The molecule has 0 spiro atoms. The summed E-state index contributed by atoms with van der Waals surface area (Å²) in [6.45, 7) is 0.261. The molecule has 1 aromatic heterocycles. The van der Waals surface area contributed by atoms with Gasteiger partial charge in [0.05, 0.1) is 6.54 Å². The fourth-order valence-electron chi connectivity index (χ4n) is 4.04. The highest BCUT2D eigenvalue weighted by Gasteiger charge is 2.19. The molecule has 0 saturated carbocycles. The van der Waals surface area contributed by atoms with Gasteiger partial charge in [0.25, 0.3) is 5.91 Å². The van der Waals surface area contributed by atoms with E-state index in [2.05, 4.69) is 4.90 Å². The maximum absolute atomic E-state index is 13.6. The minimum atomic E-state index is -0.365. The molecule has 37 heavy (non-hydrogen) atoms. The average Bonchev–Trinajstić information content (AvgIpc) is 2.94. The van der Waals surface area contributed by atoms with Crippen LogP contribution in [0.4, 0.5) is 27.3 Å². The number of anilines is 4. The van der Waals surface area contributed by atoms with Gasteiger partial charge in [-0.05, 0) is 84.4 Å². The molecule has 0 aliphatic carbocycles. The minimum absolute atomic E-state index is 0.220. The lowest BCUT2D eigenvalue weighted by Gasteiger charge is -2.25. The summed E-state index contributed by atoms with van der Waals surface area (Å²) in [7, 11) is 0. The number of rotatable bonds is 7. The zero-order chi connectivity index (χ0) is 25.6. The Balaban J connectivity index is 1.46. The van der Waals surface area contributed by atoms with Crippen LogP contribution < -0.4 is 9.80 Å². The molecule has 0 radical (unpaired) electrons. The highest BCUT2D eigenvalue weighted by molar-refractivity contribution is 6.30. The lowest BCUT2D eigenvalue weighted by Crippen LogP contribution is -2.30. The molecule has 0 fully saturated rings. The number of halogens is 2. The van der Waals surface area contributed by atoms with Crippen LogP contribution in [0.2, 0.25) is 5.02 Å². The Morgan fingerprint density at radius 3 is 1.84 bits per heavy atom. The van der Waals surface area contributed by atoms with Gasteiger partial charge in [-0.15, -0.1) is 0 Å². The minimum Gasteiger partial charge on any atom is -0.304 e. The summed E-state index contributed by atoms with van der Waals surface area (Å²) in [6, 6.07) is 36.5. The number of benzene rings is 4. The largest absolute Gasteiger partial charge is 0.304 e. The molecule has 5 rings (SSSR count). The molecule has 4 aromatic carbocycles.